The maximum absolute atomic E-state index is 11.7. The fraction of sp³-hybridized carbons (Fsp3) is 0.308. The molecule has 1 aromatic carbocycles. The molecule has 0 bridgehead atoms. The molecule has 0 aromatic heterocycles. The fourth-order valence-corrected chi connectivity index (χ4v) is 2.29. The molecule has 2 rings (SSSR count). The molecule has 1 N–H and O–H groups in total. The summed E-state index contributed by atoms with van der Waals surface area (Å²) >= 11 is 5.90. The van der Waals surface area contributed by atoms with Gasteiger partial charge in [-0.05, 0) is 12.1 Å². The van der Waals surface area contributed by atoms with Crippen LogP contribution in [0, 0.1) is 0 Å². The van der Waals surface area contributed by atoms with E-state index in [-0.39, 0.29) is 6.67 Å². The van der Waals surface area contributed by atoms with Gasteiger partial charge in [-0.3, -0.25) is 14.5 Å². The van der Waals surface area contributed by atoms with Gasteiger partial charge in [-0.15, -0.1) is 0 Å². The number of rotatable bonds is 4. The minimum absolute atomic E-state index is 0.139. The summed E-state index contributed by atoms with van der Waals surface area (Å²) in [6.07, 6.45) is 0. The second-order valence-corrected chi connectivity index (χ2v) is 5.24. The summed E-state index contributed by atoms with van der Waals surface area (Å²) in [5, 5.41) is 0.638. The van der Waals surface area contributed by atoms with Gasteiger partial charge in [0.25, 0.3) is 0 Å². The topological polar surface area (TPSA) is 62.1 Å². The fourth-order valence-electron chi connectivity index (χ4n) is 2.07. The number of hydrogen-bond acceptors (Lipinski definition) is 3. The maximum atomic E-state index is 11.7. The quantitative estimate of drug-likeness (QED) is 0.615. The molecule has 7 heteroatoms. The normalized spacial score (nSPS) is 17.1. The monoisotopic (exact) mass is 296 g/mol. The number of benzene rings is 1. The van der Waals surface area contributed by atoms with Crippen LogP contribution in [0.5, 0.6) is 0 Å². The lowest BCUT2D eigenvalue weighted by Crippen LogP contribution is -3.09. The Balaban J connectivity index is 2.02. The van der Waals surface area contributed by atoms with Gasteiger partial charge >= 0.3 is 17.8 Å². The molecule has 1 unspecified atom stereocenters. The van der Waals surface area contributed by atoms with Crippen molar-refractivity contribution < 1.29 is 19.3 Å². The SMILES string of the molecule is CN1C(=O)C(=O)N(C[NH+](C)Cc2cccc(Cl)c2)C1=O. The Morgan fingerprint density at radius 3 is 2.45 bits per heavy atom. The predicted octanol–water partition coefficient (Wildman–Crippen LogP) is -0.267. The summed E-state index contributed by atoms with van der Waals surface area (Å²) in [6, 6.07) is 6.79. The zero-order valence-electron chi connectivity index (χ0n) is 11.2. The Kier molecular flexibility index (Phi) is 4.06. The molecule has 4 amide bonds. The average Bonchev–Trinajstić information content (AvgIpc) is 2.57. The van der Waals surface area contributed by atoms with Crippen molar-refractivity contribution >= 4 is 29.4 Å². The largest absolute Gasteiger partial charge is 0.338 e. The molecular formula is C13H15ClN3O3+. The number of carbonyl (C=O) groups is 3. The molecule has 0 aliphatic carbocycles. The molecule has 1 aliphatic rings. The summed E-state index contributed by atoms with van der Waals surface area (Å²) in [5.74, 6) is -1.56. The average molecular weight is 297 g/mol. The minimum atomic E-state index is -0.787. The number of halogens is 1. The van der Waals surface area contributed by atoms with E-state index in [4.69, 9.17) is 11.6 Å². The van der Waals surface area contributed by atoms with Gasteiger partial charge < -0.3 is 4.90 Å². The Labute approximate surface area is 121 Å². The van der Waals surface area contributed by atoms with Crippen LogP contribution in [0.4, 0.5) is 4.79 Å². The van der Waals surface area contributed by atoms with Crippen molar-refractivity contribution in [1.82, 2.24) is 9.80 Å². The highest BCUT2D eigenvalue weighted by Crippen LogP contribution is 2.10. The molecule has 1 fully saturated rings. The molecule has 0 saturated carbocycles. The highest BCUT2D eigenvalue weighted by molar-refractivity contribution is 6.44. The first-order chi connectivity index (χ1) is 9.40. The first-order valence-electron chi connectivity index (χ1n) is 6.09. The third-order valence-electron chi connectivity index (χ3n) is 3.07. The molecule has 0 spiro atoms. The van der Waals surface area contributed by atoms with E-state index in [1.165, 1.54) is 7.05 Å². The van der Waals surface area contributed by atoms with E-state index in [0.717, 1.165) is 20.3 Å². The molecule has 106 valence electrons. The smallest absolute Gasteiger partial charge is 0.316 e. The Hall–Kier alpha value is -1.92. The van der Waals surface area contributed by atoms with Crippen molar-refractivity contribution in [2.75, 3.05) is 20.8 Å². The van der Waals surface area contributed by atoms with E-state index in [1.807, 2.05) is 25.2 Å². The molecule has 1 saturated heterocycles. The second kappa shape index (κ2) is 5.60. The summed E-state index contributed by atoms with van der Waals surface area (Å²) in [6.45, 7) is 0.732. The number of quaternary nitrogens is 1. The maximum Gasteiger partial charge on any atom is 0.338 e. The lowest BCUT2D eigenvalue weighted by molar-refractivity contribution is -0.901. The third kappa shape index (κ3) is 2.81. The number of carbonyl (C=O) groups excluding carboxylic acids is 3. The first-order valence-corrected chi connectivity index (χ1v) is 6.47. The number of likely N-dealkylation sites (N-methyl/N-ethyl adjacent to an activating group) is 1. The van der Waals surface area contributed by atoms with Crippen LogP contribution in [-0.4, -0.2) is 48.4 Å². The molecular weight excluding hydrogens is 282 g/mol. The Morgan fingerprint density at radius 1 is 1.20 bits per heavy atom. The van der Waals surface area contributed by atoms with Crippen LogP contribution in [-0.2, 0) is 16.1 Å². The zero-order chi connectivity index (χ0) is 14.9. The van der Waals surface area contributed by atoms with E-state index in [0.29, 0.717) is 11.6 Å². The minimum Gasteiger partial charge on any atom is -0.316 e. The van der Waals surface area contributed by atoms with Crippen LogP contribution >= 0.6 is 11.6 Å². The third-order valence-corrected chi connectivity index (χ3v) is 3.31. The highest BCUT2D eigenvalue weighted by atomic mass is 35.5. The molecule has 1 aliphatic heterocycles. The molecule has 0 radical (unpaired) electrons. The second-order valence-electron chi connectivity index (χ2n) is 4.80. The van der Waals surface area contributed by atoms with E-state index in [2.05, 4.69) is 0 Å². The first kappa shape index (κ1) is 14.5. The van der Waals surface area contributed by atoms with Gasteiger partial charge in [0.1, 0.15) is 6.54 Å². The molecule has 6 nitrogen and oxygen atoms in total. The summed E-state index contributed by atoms with van der Waals surface area (Å²) in [7, 11) is 3.14. The van der Waals surface area contributed by atoms with E-state index < -0.39 is 17.8 Å². The van der Waals surface area contributed by atoms with Crippen molar-refractivity contribution in [1.29, 1.82) is 0 Å². The molecule has 1 heterocycles. The number of nitrogens with zero attached hydrogens (tertiary/aromatic N) is 2. The molecule has 1 atom stereocenters. The molecule has 1 aromatic rings. The standard InChI is InChI=1S/C13H14ClN3O3/c1-15(7-9-4-3-5-10(14)6-9)8-17-12(19)11(18)16(2)13(17)20/h3-6H,7-8H2,1-2H3/p+1. The van der Waals surface area contributed by atoms with Crippen molar-refractivity contribution in [3.05, 3.63) is 34.9 Å². The van der Waals surface area contributed by atoms with Crippen molar-refractivity contribution in [2.24, 2.45) is 0 Å². The highest BCUT2D eigenvalue weighted by Gasteiger charge is 2.43. The molecule has 20 heavy (non-hydrogen) atoms. The number of hydrogen-bond donors (Lipinski definition) is 1. The van der Waals surface area contributed by atoms with E-state index >= 15 is 0 Å². The lowest BCUT2D eigenvalue weighted by Gasteiger charge is -2.19. The Bertz CT molecular complexity index is 576. The number of amides is 4. The van der Waals surface area contributed by atoms with Gasteiger partial charge in [-0.2, -0.15) is 0 Å². The van der Waals surface area contributed by atoms with Crippen molar-refractivity contribution in [2.45, 2.75) is 6.54 Å². The van der Waals surface area contributed by atoms with Crippen LogP contribution < -0.4 is 4.90 Å². The van der Waals surface area contributed by atoms with Crippen LogP contribution in [0.1, 0.15) is 5.56 Å². The van der Waals surface area contributed by atoms with Crippen LogP contribution in [0.15, 0.2) is 24.3 Å². The van der Waals surface area contributed by atoms with Gasteiger partial charge in [-0.1, -0.05) is 23.7 Å². The number of nitrogens with one attached hydrogen (secondary N) is 1. The van der Waals surface area contributed by atoms with Gasteiger partial charge in [0.2, 0.25) is 0 Å². The van der Waals surface area contributed by atoms with Gasteiger partial charge in [-0.25, -0.2) is 9.69 Å². The van der Waals surface area contributed by atoms with E-state index in [1.54, 1.807) is 6.07 Å². The van der Waals surface area contributed by atoms with Crippen LogP contribution in [0.3, 0.4) is 0 Å². The van der Waals surface area contributed by atoms with Crippen molar-refractivity contribution in [3.63, 3.8) is 0 Å². The van der Waals surface area contributed by atoms with Crippen molar-refractivity contribution in [3.8, 4) is 0 Å². The van der Waals surface area contributed by atoms with Gasteiger partial charge in [0.05, 0.1) is 7.05 Å². The zero-order valence-corrected chi connectivity index (χ0v) is 12.0. The summed E-state index contributed by atoms with van der Waals surface area (Å²) < 4.78 is 0. The summed E-state index contributed by atoms with van der Waals surface area (Å²) in [5.41, 5.74) is 0.994. The summed E-state index contributed by atoms with van der Waals surface area (Å²) in [4.78, 5) is 37.5. The number of urea groups is 1. The predicted molar refractivity (Wildman–Crippen MR) is 71.9 cm³/mol. The lowest BCUT2D eigenvalue weighted by atomic mass is 10.2. The number of imide groups is 2. The van der Waals surface area contributed by atoms with Crippen LogP contribution in [0.25, 0.3) is 0 Å². The van der Waals surface area contributed by atoms with E-state index in [9.17, 15) is 14.4 Å². The Morgan fingerprint density at radius 2 is 1.90 bits per heavy atom. The van der Waals surface area contributed by atoms with Crippen LogP contribution in [0.2, 0.25) is 5.02 Å². The van der Waals surface area contributed by atoms with Gasteiger partial charge in [0.15, 0.2) is 6.67 Å². The van der Waals surface area contributed by atoms with Gasteiger partial charge in [0, 0.05) is 17.6 Å².